The first-order valence-corrected chi connectivity index (χ1v) is 30.6. The summed E-state index contributed by atoms with van der Waals surface area (Å²) in [7, 11) is -1.77. The topological polar surface area (TPSA) is 9.72 Å². The van der Waals surface area contributed by atoms with Gasteiger partial charge in [-0.1, -0.05) is 173 Å². The Morgan fingerprint density at radius 1 is 0.543 bits per heavy atom. The van der Waals surface area contributed by atoms with Crippen LogP contribution in [0, 0.1) is 13.8 Å². The fourth-order valence-corrected chi connectivity index (χ4v) is 16.6. The summed E-state index contributed by atoms with van der Waals surface area (Å²) >= 11 is 0. The molecule has 4 unspecified atom stereocenters. The monoisotopic (exact) mass is 940 g/mol. The van der Waals surface area contributed by atoms with E-state index in [1.165, 1.54) is 141 Å². The van der Waals surface area contributed by atoms with Gasteiger partial charge in [-0.3, -0.25) is 0 Å². The molecule has 4 atom stereocenters. The molecule has 0 amide bonds. The molecule has 360 valence electrons. The zero-order valence-electron chi connectivity index (χ0n) is 45.4. The van der Waals surface area contributed by atoms with E-state index in [4.69, 9.17) is 0 Å². The number of nitrogens with zero attached hydrogens (tertiary/aromatic N) is 3. The maximum absolute atomic E-state index is 2.99. The van der Waals surface area contributed by atoms with Gasteiger partial charge in [0.15, 0.2) is 0 Å². The predicted molar refractivity (Wildman–Crippen MR) is 307 cm³/mol. The highest BCUT2D eigenvalue weighted by Gasteiger charge is 2.63. The molecule has 0 radical (unpaired) electrons. The van der Waals surface area contributed by atoms with E-state index in [1.54, 1.807) is 16.3 Å². The molecule has 2 aliphatic carbocycles. The van der Waals surface area contributed by atoms with E-state index in [-0.39, 0.29) is 39.5 Å². The third kappa shape index (κ3) is 6.12. The lowest BCUT2D eigenvalue weighted by atomic mass is 9.33. The molecule has 0 N–H and O–H groups in total. The number of benzene rings is 6. The smallest absolute Gasteiger partial charge is 0.252 e. The van der Waals surface area contributed by atoms with Crippen molar-refractivity contribution in [3.8, 4) is 11.1 Å². The van der Waals surface area contributed by atoms with Crippen molar-refractivity contribution in [3.05, 3.63) is 137 Å². The molecule has 6 aromatic rings. The first-order valence-electron chi connectivity index (χ1n) is 27.1. The van der Waals surface area contributed by atoms with Gasteiger partial charge >= 0.3 is 0 Å². The molecule has 2 fully saturated rings. The third-order valence-electron chi connectivity index (χ3n) is 19.7. The van der Waals surface area contributed by atoms with Crippen molar-refractivity contribution in [1.29, 1.82) is 0 Å². The van der Waals surface area contributed by atoms with Gasteiger partial charge in [-0.05, 0) is 156 Å². The number of aryl methyl sites for hydroxylation is 2. The maximum Gasteiger partial charge on any atom is 0.252 e. The number of anilines is 7. The predicted octanol–water partition coefficient (Wildman–Crippen LogP) is 15.2. The zero-order valence-corrected chi connectivity index (χ0v) is 46.4. The van der Waals surface area contributed by atoms with Crippen LogP contribution in [0.5, 0.6) is 0 Å². The molecule has 4 heterocycles. The second-order valence-corrected chi connectivity index (χ2v) is 32.1. The molecule has 0 saturated heterocycles. The Labute approximate surface area is 423 Å². The van der Waals surface area contributed by atoms with Crippen LogP contribution in [-0.2, 0) is 21.7 Å². The molecule has 12 rings (SSSR count). The van der Waals surface area contributed by atoms with Crippen molar-refractivity contribution in [1.82, 2.24) is 0 Å². The first kappa shape index (κ1) is 46.1. The molecule has 3 nitrogen and oxygen atoms in total. The Balaban J connectivity index is 1.26. The van der Waals surface area contributed by atoms with Gasteiger partial charge in [-0.25, -0.2) is 0 Å². The van der Waals surface area contributed by atoms with Gasteiger partial charge in [-0.15, -0.1) is 0 Å². The molecule has 0 spiro atoms. The van der Waals surface area contributed by atoms with Crippen LogP contribution in [0.3, 0.4) is 0 Å². The van der Waals surface area contributed by atoms with Crippen molar-refractivity contribution in [2.75, 3.05) is 14.7 Å². The molecular weight excluding hydrogens is 862 g/mol. The van der Waals surface area contributed by atoms with Gasteiger partial charge in [0, 0.05) is 50.5 Å². The Kier molecular flexibility index (Phi) is 9.75. The van der Waals surface area contributed by atoms with Gasteiger partial charge in [0.1, 0.15) is 0 Å². The van der Waals surface area contributed by atoms with E-state index >= 15 is 0 Å². The van der Waals surface area contributed by atoms with Crippen molar-refractivity contribution >= 4 is 76.2 Å². The van der Waals surface area contributed by atoms with Crippen LogP contribution in [0.1, 0.15) is 154 Å². The molecule has 0 bridgehead atoms. The van der Waals surface area contributed by atoms with Crippen molar-refractivity contribution in [3.63, 3.8) is 0 Å². The molecule has 6 aromatic carbocycles. The number of rotatable bonds is 4. The SMILES string of the molecule is Cc1cc(C)c2c(c1)N(c1cc3c4c(c1)N1c5c(cc([Si](C)(C)C)cc5C5(C)CCCCC15C)B4c1cc(C(C)(C)C)ccc1N3c1ccc(C(C)(C)C)cc1-c1ccccc1)C1(C)CCCCC21C. The quantitative estimate of drug-likeness (QED) is 0.163. The Morgan fingerprint density at radius 2 is 1.14 bits per heavy atom. The van der Waals surface area contributed by atoms with E-state index in [9.17, 15) is 0 Å². The summed E-state index contributed by atoms with van der Waals surface area (Å²) in [4.78, 5) is 8.64. The van der Waals surface area contributed by atoms with Gasteiger partial charge in [-0.2, -0.15) is 0 Å². The minimum absolute atomic E-state index is 0.0114. The van der Waals surface area contributed by atoms with Crippen molar-refractivity contribution < 1.29 is 0 Å². The molecule has 70 heavy (non-hydrogen) atoms. The lowest BCUT2D eigenvalue weighted by molar-refractivity contribution is 0.193. The lowest BCUT2D eigenvalue weighted by Crippen LogP contribution is -2.65. The van der Waals surface area contributed by atoms with Crippen molar-refractivity contribution in [2.45, 2.75) is 187 Å². The summed E-state index contributed by atoms with van der Waals surface area (Å²) in [5.41, 5.74) is 25.2. The molecule has 4 aliphatic heterocycles. The van der Waals surface area contributed by atoms with E-state index in [2.05, 4.69) is 221 Å². The summed E-state index contributed by atoms with van der Waals surface area (Å²) in [5, 5.41) is 1.60. The van der Waals surface area contributed by atoms with Gasteiger partial charge in [0.25, 0.3) is 6.71 Å². The summed E-state index contributed by atoms with van der Waals surface area (Å²) in [6.45, 7) is 37.4. The van der Waals surface area contributed by atoms with Crippen LogP contribution in [0.4, 0.5) is 39.8 Å². The highest BCUT2D eigenvalue weighted by Crippen LogP contribution is 2.65. The average molecular weight is 940 g/mol. The largest absolute Gasteiger partial charge is 0.335 e. The first-order chi connectivity index (χ1) is 32.9. The fraction of sp³-hybridized carbons (Fsp3) is 0.446. The molecule has 2 saturated carbocycles. The van der Waals surface area contributed by atoms with E-state index in [0.29, 0.717) is 0 Å². The van der Waals surface area contributed by atoms with Crippen LogP contribution < -0.4 is 36.3 Å². The van der Waals surface area contributed by atoms with Gasteiger partial charge < -0.3 is 14.7 Å². The summed E-state index contributed by atoms with van der Waals surface area (Å²) in [6.07, 6.45) is 9.87. The van der Waals surface area contributed by atoms with Gasteiger partial charge in [0.2, 0.25) is 0 Å². The van der Waals surface area contributed by atoms with Crippen LogP contribution in [-0.4, -0.2) is 25.9 Å². The Hall–Kier alpha value is -5.00. The lowest BCUT2D eigenvalue weighted by Gasteiger charge is -2.54. The summed E-state index contributed by atoms with van der Waals surface area (Å²) in [6, 6.07) is 42.2. The number of fused-ring (bicyclic) bond motifs is 10. The minimum atomic E-state index is -1.77. The molecule has 5 heteroatoms. The molecule has 6 aliphatic rings. The molecular formula is C65H78BN3Si. The maximum atomic E-state index is 2.99. The Morgan fingerprint density at radius 3 is 1.80 bits per heavy atom. The highest BCUT2D eigenvalue weighted by molar-refractivity contribution is 7.01. The van der Waals surface area contributed by atoms with Gasteiger partial charge in [0.05, 0.1) is 24.8 Å². The average Bonchev–Trinajstić information content (AvgIpc) is 3.64. The minimum Gasteiger partial charge on any atom is -0.335 e. The van der Waals surface area contributed by atoms with E-state index in [0.717, 1.165) is 0 Å². The zero-order chi connectivity index (χ0) is 49.5. The number of hydrogen-bond donors (Lipinski definition) is 0. The third-order valence-corrected chi connectivity index (χ3v) is 21.7. The standard InChI is InChI=1S/C65H78BN3Si/c1-41-33-42(2)57-54(34-41)68(65(12)32-22-20-30-63(57,65)10)46-37-55-58-56(38-46)69-59-49(62(9)29-19-21-31-64(62,69)11)39-47(70(13,14)15)40-51(59)66(58)50-36-45(61(6,7)8)26-28-53(50)67(55)52-27-25-44(60(3,4)5)35-48(52)43-23-17-16-18-24-43/h16-18,23-28,33-40H,19-22,29-32H2,1-15H3. The van der Waals surface area contributed by atoms with Crippen molar-refractivity contribution in [2.24, 2.45) is 0 Å². The van der Waals surface area contributed by atoms with E-state index in [1.807, 2.05) is 0 Å². The summed E-state index contributed by atoms with van der Waals surface area (Å²) in [5.74, 6) is 0. The fourth-order valence-electron chi connectivity index (χ4n) is 15.4. The summed E-state index contributed by atoms with van der Waals surface area (Å²) < 4.78 is 0. The van der Waals surface area contributed by atoms with E-state index < -0.39 is 8.07 Å². The van der Waals surface area contributed by atoms with Crippen LogP contribution in [0.15, 0.2) is 103 Å². The normalized spacial score (nSPS) is 25.3. The number of hydrogen-bond acceptors (Lipinski definition) is 3. The van der Waals surface area contributed by atoms with Crippen LogP contribution in [0.2, 0.25) is 19.6 Å². The highest BCUT2D eigenvalue weighted by atomic mass is 28.3. The van der Waals surface area contributed by atoms with Crippen LogP contribution in [0.25, 0.3) is 11.1 Å². The molecule has 0 aromatic heterocycles. The Bertz CT molecular complexity index is 3190. The second-order valence-electron chi connectivity index (χ2n) is 27.0. The van der Waals surface area contributed by atoms with Crippen LogP contribution >= 0.6 is 0 Å². The second kappa shape index (κ2) is 14.8.